The van der Waals surface area contributed by atoms with Gasteiger partial charge in [-0.3, -0.25) is 4.79 Å². The van der Waals surface area contributed by atoms with Crippen LogP contribution in [0.3, 0.4) is 0 Å². The summed E-state index contributed by atoms with van der Waals surface area (Å²) in [7, 11) is 0. The van der Waals surface area contributed by atoms with E-state index in [0.717, 1.165) is 29.3 Å². The van der Waals surface area contributed by atoms with Crippen molar-refractivity contribution in [3.63, 3.8) is 0 Å². The van der Waals surface area contributed by atoms with E-state index in [9.17, 15) is 14.0 Å². The molecule has 0 radical (unpaired) electrons. The Balaban J connectivity index is 1.20. The molecule has 0 atom stereocenters. The van der Waals surface area contributed by atoms with E-state index in [1.807, 2.05) is 12.1 Å². The van der Waals surface area contributed by atoms with Crippen molar-refractivity contribution >= 4 is 29.0 Å². The SMILES string of the molecule is O=C(N/N=C\c1ccc(OC(=O)c2ccc(F)cc2)cc1)c1ccc2[nH]c3c(c2c1)CCCC3. The second kappa shape index (κ2) is 9.31. The fourth-order valence-electron chi connectivity index (χ4n) is 4.15. The van der Waals surface area contributed by atoms with Crippen molar-refractivity contribution in [3.05, 3.63) is 100 Å². The van der Waals surface area contributed by atoms with E-state index in [1.54, 1.807) is 30.3 Å². The van der Waals surface area contributed by atoms with E-state index < -0.39 is 11.8 Å². The number of H-pyrrole nitrogens is 1. The number of fused-ring (bicyclic) bond motifs is 3. The lowest BCUT2D eigenvalue weighted by Gasteiger charge is -2.10. The molecular weight excluding hydrogens is 433 g/mol. The van der Waals surface area contributed by atoms with Crippen LogP contribution in [0.1, 0.15) is 50.4 Å². The van der Waals surface area contributed by atoms with Gasteiger partial charge in [-0.25, -0.2) is 14.6 Å². The summed E-state index contributed by atoms with van der Waals surface area (Å²) in [6, 6.07) is 17.4. The Kier molecular flexibility index (Phi) is 5.91. The highest BCUT2D eigenvalue weighted by Crippen LogP contribution is 2.29. The van der Waals surface area contributed by atoms with E-state index in [0.29, 0.717) is 11.3 Å². The molecule has 34 heavy (non-hydrogen) atoms. The minimum absolute atomic E-state index is 0.257. The molecule has 0 unspecified atom stereocenters. The third-order valence-corrected chi connectivity index (χ3v) is 5.91. The summed E-state index contributed by atoms with van der Waals surface area (Å²) in [5.74, 6) is -0.932. The summed E-state index contributed by atoms with van der Waals surface area (Å²) in [4.78, 5) is 28.2. The molecule has 6 nitrogen and oxygen atoms in total. The number of hydrogen-bond acceptors (Lipinski definition) is 4. The van der Waals surface area contributed by atoms with Crippen LogP contribution in [-0.2, 0) is 12.8 Å². The zero-order valence-electron chi connectivity index (χ0n) is 18.3. The molecule has 170 valence electrons. The number of hydrazone groups is 1. The lowest BCUT2D eigenvalue weighted by molar-refractivity contribution is 0.0734. The normalized spacial score (nSPS) is 13.1. The van der Waals surface area contributed by atoms with Gasteiger partial charge in [-0.15, -0.1) is 0 Å². The van der Waals surface area contributed by atoms with Gasteiger partial charge in [0.15, 0.2) is 0 Å². The zero-order chi connectivity index (χ0) is 23.5. The number of halogens is 1. The number of carbonyl (C=O) groups is 2. The van der Waals surface area contributed by atoms with Crippen molar-refractivity contribution in [3.8, 4) is 5.75 Å². The van der Waals surface area contributed by atoms with Gasteiger partial charge in [0.1, 0.15) is 11.6 Å². The zero-order valence-corrected chi connectivity index (χ0v) is 18.3. The van der Waals surface area contributed by atoms with Gasteiger partial charge in [-0.2, -0.15) is 5.10 Å². The van der Waals surface area contributed by atoms with Crippen molar-refractivity contribution in [2.45, 2.75) is 25.7 Å². The third kappa shape index (κ3) is 4.59. The van der Waals surface area contributed by atoms with Crippen molar-refractivity contribution < 1.29 is 18.7 Å². The fraction of sp³-hybridized carbons (Fsp3) is 0.148. The first-order chi connectivity index (χ1) is 16.6. The molecule has 1 aromatic heterocycles. The molecule has 0 saturated heterocycles. The molecule has 1 heterocycles. The highest BCUT2D eigenvalue weighted by molar-refractivity contribution is 5.99. The summed E-state index contributed by atoms with van der Waals surface area (Å²) < 4.78 is 18.3. The van der Waals surface area contributed by atoms with Crippen molar-refractivity contribution in [1.29, 1.82) is 0 Å². The van der Waals surface area contributed by atoms with Crippen LogP contribution < -0.4 is 10.2 Å². The van der Waals surface area contributed by atoms with Gasteiger partial charge < -0.3 is 9.72 Å². The van der Waals surface area contributed by atoms with Crippen LogP contribution in [0.5, 0.6) is 5.75 Å². The number of nitrogens with zero attached hydrogens (tertiary/aromatic N) is 1. The third-order valence-electron chi connectivity index (χ3n) is 5.91. The first-order valence-electron chi connectivity index (χ1n) is 11.1. The number of nitrogens with one attached hydrogen (secondary N) is 2. The highest BCUT2D eigenvalue weighted by atomic mass is 19.1. The van der Waals surface area contributed by atoms with E-state index in [1.165, 1.54) is 54.6 Å². The molecule has 5 rings (SSSR count). The number of benzene rings is 3. The predicted octanol–water partition coefficient (Wildman–Crippen LogP) is 5.17. The average Bonchev–Trinajstić information content (AvgIpc) is 3.23. The second-order valence-electron chi connectivity index (χ2n) is 8.21. The van der Waals surface area contributed by atoms with Crippen LogP contribution in [0.4, 0.5) is 4.39 Å². The highest BCUT2D eigenvalue weighted by Gasteiger charge is 2.16. The van der Waals surface area contributed by atoms with Crippen LogP contribution >= 0.6 is 0 Å². The van der Waals surface area contributed by atoms with Crippen LogP contribution in [0.25, 0.3) is 10.9 Å². The lowest BCUT2D eigenvalue weighted by atomic mass is 9.95. The first-order valence-corrected chi connectivity index (χ1v) is 11.1. The smallest absolute Gasteiger partial charge is 0.343 e. The van der Waals surface area contributed by atoms with Crippen LogP contribution in [0.15, 0.2) is 71.8 Å². The molecule has 1 amide bonds. The van der Waals surface area contributed by atoms with Gasteiger partial charge in [0.2, 0.25) is 0 Å². The fourth-order valence-corrected chi connectivity index (χ4v) is 4.15. The molecule has 1 aliphatic carbocycles. The van der Waals surface area contributed by atoms with Crippen LogP contribution in [-0.4, -0.2) is 23.1 Å². The van der Waals surface area contributed by atoms with E-state index in [4.69, 9.17) is 4.74 Å². The average molecular weight is 455 g/mol. The molecule has 3 aromatic carbocycles. The van der Waals surface area contributed by atoms with E-state index in [2.05, 4.69) is 15.5 Å². The van der Waals surface area contributed by atoms with Gasteiger partial charge in [0.05, 0.1) is 11.8 Å². The van der Waals surface area contributed by atoms with Crippen molar-refractivity contribution in [1.82, 2.24) is 10.4 Å². The molecule has 1 aliphatic rings. The number of esters is 1. The number of hydrogen-bond donors (Lipinski definition) is 2. The Bertz CT molecular complexity index is 1390. The molecule has 2 N–H and O–H groups in total. The topological polar surface area (TPSA) is 83.5 Å². The molecule has 7 heteroatoms. The Morgan fingerprint density at radius 1 is 0.941 bits per heavy atom. The maximum absolute atomic E-state index is 13.0. The van der Waals surface area contributed by atoms with Gasteiger partial charge >= 0.3 is 5.97 Å². The number of carbonyl (C=O) groups excluding carboxylic acids is 2. The second-order valence-corrected chi connectivity index (χ2v) is 8.21. The summed E-state index contributed by atoms with van der Waals surface area (Å²) in [5, 5.41) is 5.15. The van der Waals surface area contributed by atoms with Crippen LogP contribution in [0, 0.1) is 5.82 Å². The maximum Gasteiger partial charge on any atom is 0.343 e. The molecule has 0 spiro atoms. The summed E-state index contributed by atoms with van der Waals surface area (Å²) in [6.07, 6.45) is 5.97. The lowest BCUT2D eigenvalue weighted by Crippen LogP contribution is -2.17. The first kappa shape index (κ1) is 21.6. The van der Waals surface area contributed by atoms with Crippen molar-refractivity contribution in [2.75, 3.05) is 0 Å². The molecule has 0 fully saturated rings. The van der Waals surface area contributed by atoms with E-state index in [-0.39, 0.29) is 11.5 Å². The predicted molar refractivity (Wildman–Crippen MR) is 128 cm³/mol. The van der Waals surface area contributed by atoms with Gasteiger partial charge in [-0.05, 0) is 104 Å². The van der Waals surface area contributed by atoms with Crippen molar-refractivity contribution in [2.24, 2.45) is 5.10 Å². The molecule has 0 saturated carbocycles. The molecule has 0 bridgehead atoms. The number of rotatable bonds is 5. The number of aryl methyl sites for hydroxylation is 2. The number of aromatic amines is 1. The summed E-state index contributed by atoms with van der Waals surface area (Å²) in [6.45, 7) is 0. The Morgan fingerprint density at radius 2 is 1.68 bits per heavy atom. The van der Waals surface area contributed by atoms with Gasteiger partial charge in [-0.1, -0.05) is 0 Å². The number of ether oxygens (including phenoxy) is 1. The number of aromatic nitrogens is 1. The monoisotopic (exact) mass is 455 g/mol. The standard InChI is InChI=1S/C27H22FN3O3/c28-20-10-7-18(8-11-20)27(33)34-21-12-5-17(6-13-21)16-29-31-26(32)19-9-14-25-23(15-19)22-3-1-2-4-24(22)30-25/h5-16,30H,1-4H2,(H,31,32)/b29-16-. The summed E-state index contributed by atoms with van der Waals surface area (Å²) in [5.41, 5.74) is 7.76. The minimum Gasteiger partial charge on any atom is -0.423 e. The van der Waals surface area contributed by atoms with Crippen LogP contribution in [0.2, 0.25) is 0 Å². The Labute approximate surface area is 195 Å². The Hall–Kier alpha value is -4.26. The minimum atomic E-state index is -0.575. The summed E-state index contributed by atoms with van der Waals surface area (Å²) >= 11 is 0. The molecule has 0 aliphatic heterocycles. The Morgan fingerprint density at radius 3 is 2.47 bits per heavy atom. The van der Waals surface area contributed by atoms with E-state index >= 15 is 0 Å². The maximum atomic E-state index is 13.0. The molecular formula is C27H22FN3O3. The molecule has 4 aromatic rings. The quantitative estimate of drug-likeness (QED) is 0.189. The van der Waals surface area contributed by atoms with Gasteiger partial charge in [0, 0.05) is 22.2 Å². The largest absolute Gasteiger partial charge is 0.423 e. The number of amides is 1. The van der Waals surface area contributed by atoms with Gasteiger partial charge in [0.25, 0.3) is 5.91 Å².